The Kier molecular flexibility index (Phi) is 6.52. The molecule has 0 spiro atoms. The summed E-state index contributed by atoms with van der Waals surface area (Å²) in [5.74, 6) is 0.0484. The quantitative estimate of drug-likeness (QED) is 0.717. The fourth-order valence-corrected chi connectivity index (χ4v) is 2.96. The van der Waals surface area contributed by atoms with Gasteiger partial charge in [0.15, 0.2) is 0 Å². The van der Waals surface area contributed by atoms with Crippen LogP contribution in [0, 0.1) is 5.92 Å². The minimum absolute atomic E-state index is 0. The van der Waals surface area contributed by atoms with E-state index in [0.29, 0.717) is 12.2 Å². The van der Waals surface area contributed by atoms with Crippen molar-refractivity contribution in [2.24, 2.45) is 11.7 Å². The van der Waals surface area contributed by atoms with Crippen LogP contribution in [0.2, 0.25) is 0 Å². The fourth-order valence-electron chi connectivity index (χ4n) is 2.31. The molecule has 1 fully saturated rings. The zero-order chi connectivity index (χ0) is 17.1. The van der Waals surface area contributed by atoms with Gasteiger partial charge >= 0.3 is 0 Å². The first-order chi connectivity index (χ1) is 11.6. The van der Waals surface area contributed by atoms with Crippen molar-refractivity contribution in [1.82, 2.24) is 10.3 Å². The standard InChI is InChI=1S/C17H20N4O2S.ClH/c1-10(19-17(23)14-9-24-15(8-18)21-14)11-4-6-13(7-5-11)20-16(22)12-2-3-12;/h4-7,9-10,12H,2-3,8,18H2,1H3,(H,19,23)(H,20,22);1H. The van der Waals surface area contributed by atoms with E-state index in [9.17, 15) is 9.59 Å². The average Bonchev–Trinajstić information content (AvgIpc) is 3.32. The third kappa shape index (κ3) is 5.01. The Morgan fingerprint density at radius 1 is 1.32 bits per heavy atom. The summed E-state index contributed by atoms with van der Waals surface area (Å²) in [6.07, 6.45) is 1.96. The number of aromatic nitrogens is 1. The average molecular weight is 381 g/mol. The Morgan fingerprint density at radius 2 is 2.00 bits per heavy atom. The Morgan fingerprint density at radius 3 is 2.56 bits per heavy atom. The zero-order valence-corrected chi connectivity index (χ0v) is 15.5. The number of carbonyl (C=O) groups excluding carboxylic acids is 2. The Bertz CT molecular complexity index is 743. The molecule has 3 rings (SSSR count). The van der Waals surface area contributed by atoms with Crippen LogP contribution in [0.3, 0.4) is 0 Å². The molecule has 1 aromatic carbocycles. The molecule has 0 aliphatic heterocycles. The number of carbonyl (C=O) groups is 2. The van der Waals surface area contributed by atoms with Gasteiger partial charge in [0.05, 0.1) is 6.04 Å². The van der Waals surface area contributed by atoms with E-state index >= 15 is 0 Å². The van der Waals surface area contributed by atoms with Crippen molar-refractivity contribution >= 4 is 41.2 Å². The molecule has 1 aliphatic carbocycles. The normalized spacial score (nSPS) is 14.3. The molecule has 1 aliphatic rings. The number of benzene rings is 1. The van der Waals surface area contributed by atoms with E-state index < -0.39 is 0 Å². The Balaban J connectivity index is 0.00000225. The van der Waals surface area contributed by atoms with Crippen LogP contribution in [-0.4, -0.2) is 16.8 Å². The third-order valence-corrected chi connectivity index (χ3v) is 4.80. The number of amides is 2. The molecule has 1 heterocycles. The van der Waals surface area contributed by atoms with Gasteiger partial charge < -0.3 is 16.4 Å². The van der Waals surface area contributed by atoms with Gasteiger partial charge in [-0.1, -0.05) is 12.1 Å². The predicted octanol–water partition coefficient (Wildman–Crippen LogP) is 2.86. The van der Waals surface area contributed by atoms with Crippen molar-refractivity contribution in [2.45, 2.75) is 32.4 Å². The van der Waals surface area contributed by atoms with E-state index in [1.807, 2.05) is 31.2 Å². The second kappa shape index (κ2) is 8.42. The lowest BCUT2D eigenvalue weighted by Crippen LogP contribution is -2.27. The largest absolute Gasteiger partial charge is 0.344 e. The lowest BCUT2D eigenvalue weighted by molar-refractivity contribution is -0.117. The molecule has 2 amide bonds. The van der Waals surface area contributed by atoms with Crippen molar-refractivity contribution in [3.05, 3.63) is 45.9 Å². The lowest BCUT2D eigenvalue weighted by atomic mass is 10.1. The highest BCUT2D eigenvalue weighted by Crippen LogP contribution is 2.30. The topological polar surface area (TPSA) is 97.1 Å². The molecule has 1 atom stereocenters. The van der Waals surface area contributed by atoms with Gasteiger partial charge in [-0.15, -0.1) is 23.7 Å². The molecule has 1 saturated carbocycles. The Labute approximate surface area is 156 Å². The van der Waals surface area contributed by atoms with Crippen molar-refractivity contribution in [3.8, 4) is 0 Å². The molecule has 2 aromatic rings. The van der Waals surface area contributed by atoms with Crippen LogP contribution in [0.4, 0.5) is 5.69 Å². The van der Waals surface area contributed by atoms with Gasteiger partial charge in [-0.2, -0.15) is 0 Å². The number of halogens is 1. The van der Waals surface area contributed by atoms with Crippen molar-refractivity contribution in [2.75, 3.05) is 5.32 Å². The van der Waals surface area contributed by atoms with Gasteiger partial charge in [0.25, 0.3) is 5.91 Å². The summed E-state index contributed by atoms with van der Waals surface area (Å²) in [5.41, 5.74) is 7.64. The van der Waals surface area contributed by atoms with E-state index in [2.05, 4.69) is 15.6 Å². The molecule has 1 aromatic heterocycles. The van der Waals surface area contributed by atoms with Crippen molar-refractivity contribution < 1.29 is 9.59 Å². The monoisotopic (exact) mass is 380 g/mol. The van der Waals surface area contributed by atoms with Crippen LogP contribution in [-0.2, 0) is 11.3 Å². The molecule has 1 unspecified atom stereocenters. The van der Waals surface area contributed by atoms with Crippen LogP contribution >= 0.6 is 23.7 Å². The molecule has 25 heavy (non-hydrogen) atoms. The summed E-state index contributed by atoms with van der Waals surface area (Å²) in [5, 5.41) is 8.26. The molecule has 0 saturated heterocycles. The first-order valence-corrected chi connectivity index (χ1v) is 8.81. The number of nitrogens with zero attached hydrogens (tertiary/aromatic N) is 1. The summed E-state index contributed by atoms with van der Waals surface area (Å²) >= 11 is 1.38. The maximum atomic E-state index is 12.2. The van der Waals surface area contributed by atoms with Crippen molar-refractivity contribution in [3.63, 3.8) is 0 Å². The van der Waals surface area contributed by atoms with Gasteiger partial charge in [0.1, 0.15) is 10.7 Å². The van der Waals surface area contributed by atoms with Crippen LogP contribution in [0.25, 0.3) is 0 Å². The minimum atomic E-state index is -0.218. The summed E-state index contributed by atoms with van der Waals surface area (Å²) in [7, 11) is 0. The second-order valence-corrected chi connectivity index (χ2v) is 6.85. The van der Waals surface area contributed by atoms with Crippen LogP contribution in [0.1, 0.15) is 46.9 Å². The smallest absolute Gasteiger partial charge is 0.271 e. The Hall–Kier alpha value is -1.96. The van der Waals surface area contributed by atoms with Crippen LogP contribution < -0.4 is 16.4 Å². The number of nitrogens with two attached hydrogens (primary N) is 1. The maximum Gasteiger partial charge on any atom is 0.271 e. The number of hydrogen-bond donors (Lipinski definition) is 3. The molecular weight excluding hydrogens is 360 g/mol. The van der Waals surface area contributed by atoms with E-state index in [0.717, 1.165) is 29.1 Å². The molecule has 0 radical (unpaired) electrons. The zero-order valence-electron chi connectivity index (χ0n) is 13.8. The second-order valence-electron chi connectivity index (χ2n) is 5.91. The summed E-state index contributed by atoms with van der Waals surface area (Å²) in [4.78, 5) is 28.1. The van der Waals surface area contributed by atoms with E-state index in [4.69, 9.17) is 5.73 Å². The predicted molar refractivity (Wildman–Crippen MR) is 101 cm³/mol. The number of thiazole rings is 1. The number of anilines is 1. The SMILES string of the molecule is CC(NC(=O)c1csc(CN)n1)c1ccc(NC(=O)C2CC2)cc1.Cl. The van der Waals surface area contributed by atoms with Crippen molar-refractivity contribution in [1.29, 1.82) is 0 Å². The van der Waals surface area contributed by atoms with Gasteiger partial charge in [0.2, 0.25) is 5.91 Å². The highest BCUT2D eigenvalue weighted by Gasteiger charge is 2.29. The van der Waals surface area contributed by atoms with E-state index in [1.54, 1.807) is 5.38 Å². The van der Waals surface area contributed by atoms with Crippen LogP contribution in [0.5, 0.6) is 0 Å². The molecule has 8 heteroatoms. The number of nitrogens with one attached hydrogen (secondary N) is 2. The van der Waals surface area contributed by atoms with Crippen LogP contribution in [0.15, 0.2) is 29.6 Å². The first-order valence-electron chi connectivity index (χ1n) is 7.93. The van der Waals surface area contributed by atoms with Gasteiger partial charge in [0, 0.05) is 23.5 Å². The minimum Gasteiger partial charge on any atom is -0.344 e. The molecule has 6 nitrogen and oxygen atoms in total. The lowest BCUT2D eigenvalue weighted by Gasteiger charge is -2.14. The first kappa shape index (κ1) is 19.4. The fraction of sp³-hybridized carbons (Fsp3) is 0.353. The van der Waals surface area contributed by atoms with Gasteiger partial charge in [-0.3, -0.25) is 9.59 Å². The van der Waals surface area contributed by atoms with E-state index in [1.165, 1.54) is 11.3 Å². The molecular formula is C17H21ClN4O2S. The molecule has 134 valence electrons. The maximum absolute atomic E-state index is 12.2. The third-order valence-electron chi connectivity index (χ3n) is 3.93. The highest BCUT2D eigenvalue weighted by molar-refractivity contribution is 7.09. The summed E-state index contributed by atoms with van der Waals surface area (Å²) in [6, 6.07) is 7.36. The summed E-state index contributed by atoms with van der Waals surface area (Å²) in [6.45, 7) is 2.24. The van der Waals surface area contributed by atoms with Gasteiger partial charge in [-0.25, -0.2) is 4.98 Å². The molecule has 4 N–H and O–H groups in total. The molecule has 0 bridgehead atoms. The number of rotatable bonds is 6. The summed E-state index contributed by atoms with van der Waals surface area (Å²) < 4.78 is 0. The van der Waals surface area contributed by atoms with Gasteiger partial charge in [-0.05, 0) is 37.5 Å². The highest BCUT2D eigenvalue weighted by atomic mass is 35.5. The number of hydrogen-bond acceptors (Lipinski definition) is 5. The van der Waals surface area contributed by atoms with E-state index in [-0.39, 0.29) is 36.2 Å².